The van der Waals surface area contributed by atoms with Crippen molar-refractivity contribution in [3.63, 3.8) is 0 Å². The van der Waals surface area contributed by atoms with Crippen LogP contribution in [0.15, 0.2) is 66.2 Å². The fourth-order valence-corrected chi connectivity index (χ4v) is 4.68. The molecule has 6 nitrogen and oxygen atoms in total. The van der Waals surface area contributed by atoms with E-state index in [9.17, 15) is 19.8 Å². The SMILES string of the molecule is CCc1ccc(N2C(=O)C(=O)/C(=C(\O)c3ccc4c(c3)CCO4)C2c2ccc(O)c(Cl)c2)cc1. The highest BCUT2D eigenvalue weighted by Gasteiger charge is 2.47. The van der Waals surface area contributed by atoms with Gasteiger partial charge in [-0.2, -0.15) is 0 Å². The molecule has 34 heavy (non-hydrogen) atoms. The van der Waals surface area contributed by atoms with Crippen molar-refractivity contribution in [1.82, 2.24) is 0 Å². The maximum absolute atomic E-state index is 13.3. The number of fused-ring (bicyclic) bond motifs is 1. The van der Waals surface area contributed by atoms with Gasteiger partial charge in [0.25, 0.3) is 11.7 Å². The van der Waals surface area contributed by atoms with Gasteiger partial charge in [-0.15, -0.1) is 0 Å². The number of carbonyl (C=O) groups is 2. The van der Waals surface area contributed by atoms with Gasteiger partial charge in [0.05, 0.1) is 23.2 Å². The van der Waals surface area contributed by atoms with E-state index < -0.39 is 17.7 Å². The van der Waals surface area contributed by atoms with Gasteiger partial charge in [0.15, 0.2) is 0 Å². The third-order valence-corrected chi connectivity index (χ3v) is 6.62. The molecule has 2 aliphatic heterocycles. The lowest BCUT2D eigenvalue weighted by atomic mass is 9.94. The number of hydrogen-bond donors (Lipinski definition) is 2. The number of rotatable bonds is 4. The molecule has 0 radical (unpaired) electrons. The zero-order valence-corrected chi connectivity index (χ0v) is 19.2. The Morgan fingerprint density at radius 1 is 1.09 bits per heavy atom. The molecule has 3 aromatic rings. The first-order valence-corrected chi connectivity index (χ1v) is 11.4. The summed E-state index contributed by atoms with van der Waals surface area (Å²) in [5.74, 6) is -1.18. The van der Waals surface area contributed by atoms with Crippen LogP contribution in [-0.4, -0.2) is 28.5 Å². The number of phenolic OH excluding ortho intramolecular Hbond substituents is 1. The lowest BCUT2D eigenvalue weighted by Crippen LogP contribution is -2.29. The Kier molecular flexibility index (Phi) is 5.54. The second-order valence-corrected chi connectivity index (χ2v) is 8.73. The van der Waals surface area contributed by atoms with E-state index >= 15 is 0 Å². The van der Waals surface area contributed by atoms with Crippen LogP contribution in [-0.2, 0) is 22.4 Å². The Hall–Kier alpha value is -3.77. The van der Waals surface area contributed by atoms with Crippen LogP contribution in [0.2, 0.25) is 5.02 Å². The highest BCUT2D eigenvalue weighted by atomic mass is 35.5. The predicted octanol–water partition coefficient (Wildman–Crippen LogP) is 5.17. The van der Waals surface area contributed by atoms with E-state index in [4.69, 9.17) is 16.3 Å². The molecule has 2 N–H and O–H groups in total. The van der Waals surface area contributed by atoms with Gasteiger partial charge in [-0.1, -0.05) is 36.7 Å². The lowest BCUT2D eigenvalue weighted by Gasteiger charge is -2.26. The molecule has 1 saturated heterocycles. The van der Waals surface area contributed by atoms with Gasteiger partial charge in [-0.25, -0.2) is 0 Å². The highest BCUT2D eigenvalue weighted by Crippen LogP contribution is 2.44. The quantitative estimate of drug-likeness (QED) is 0.309. The van der Waals surface area contributed by atoms with E-state index in [0.717, 1.165) is 23.3 Å². The first-order chi connectivity index (χ1) is 16.4. The van der Waals surface area contributed by atoms with Crippen LogP contribution < -0.4 is 9.64 Å². The molecular weight excluding hydrogens is 454 g/mol. The summed E-state index contributed by atoms with van der Waals surface area (Å²) in [6.45, 7) is 2.59. The average molecular weight is 476 g/mol. The van der Waals surface area contributed by atoms with Crippen LogP contribution in [0, 0.1) is 0 Å². The van der Waals surface area contributed by atoms with Gasteiger partial charge in [-0.05, 0) is 65.6 Å². The van der Waals surface area contributed by atoms with Crippen molar-refractivity contribution in [2.75, 3.05) is 11.5 Å². The number of phenols is 1. The second kappa shape index (κ2) is 8.54. The molecule has 3 aromatic carbocycles. The summed E-state index contributed by atoms with van der Waals surface area (Å²) in [5, 5.41) is 21.3. The molecule has 0 aliphatic carbocycles. The minimum absolute atomic E-state index is 0.0369. The molecule has 7 heteroatoms. The topological polar surface area (TPSA) is 87.1 Å². The van der Waals surface area contributed by atoms with E-state index in [0.29, 0.717) is 29.8 Å². The molecule has 0 bridgehead atoms. The molecule has 0 saturated carbocycles. The minimum atomic E-state index is -0.921. The predicted molar refractivity (Wildman–Crippen MR) is 129 cm³/mol. The smallest absolute Gasteiger partial charge is 0.300 e. The Morgan fingerprint density at radius 3 is 2.56 bits per heavy atom. The molecule has 5 rings (SSSR count). The van der Waals surface area contributed by atoms with Gasteiger partial charge in [0.1, 0.15) is 17.3 Å². The number of ether oxygens (including phenoxy) is 1. The minimum Gasteiger partial charge on any atom is -0.507 e. The van der Waals surface area contributed by atoms with Gasteiger partial charge >= 0.3 is 0 Å². The van der Waals surface area contributed by atoms with E-state index in [1.54, 1.807) is 36.4 Å². The van der Waals surface area contributed by atoms with E-state index in [2.05, 4.69) is 0 Å². The number of Topliss-reactive ketones (excluding diaryl/α,β-unsaturated/α-hetero) is 1. The summed E-state index contributed by atoms with van der Waals surface area (Å²) < 4.78 is 5.54. The molecular formula is C27H22ClNO5. The normalized spacial score (nSPS) is 18.8. The largest absolute Gasteiger partial charge is 0.507 e. The monoisotopic (exact) mass is 475 g/mol. The number of nitrogens with zero attached hydrogens (tertiary/aromatic N) is 1. The fourth-order valence-electron chi connectivity index (χ4n) is 4.49. The van der Waals surface area contributed by atoms with E-state index in [-0.39, 0.29) is 22.1 Å². The molecule has 1 fully saturated rings. The molecule has 1 amide bonds. The van der Waals surface area contributed by atoms with Crippen molar-refractivity contribution >= 4 is 34.7 Å². The van der Waals surface area contributed by atoms with Crippen molar-refractivity contribution in [2.45, 2.75) is 25.8 Å². The maximum Gasteiger partial charge on any atom is 0.300 e. The van der Waals surface area contributed by atoms with Crippen molar-refractivity contribution in [3.8, 4) is 11.5 Å². The maximum atomic E-state index is 13.3. The summed E-state index contributed by atoms with van der Waals surface area (Å²) >= 11 is 6.18. The summed E-state index contributed by atoms with van der Waals surface area (Å²) in [4.78, 5) is 27.9. The number of anilines is 1. The van der Waals surface area contributed by atoms with Crippen LogP contribution in [0.3, 0.4) is 0 Å². The molecule has 0 spiro atoms. The first kappa shape index (κ1) is 22.0. The second-order valence-electron chi connectivity index (χ2n) is 8.32. The number of hydrogen-bond acceptors (Lipinski definition) is 5. The first-order valence-electron chi connectivity index (χ1n) is 11.0. The standard InChI is InChI=1S/C27H22ClNO5/c1-2-15-3-7-19(8-4-15)29-24(17-5-9-21(30)20(28)14-17)23(26(32)27(29)33)25(31)18-6-10-22-16(13-18)11-12-34-22/h3-10,13-14,24,30-31H,2,11-12H2,1H3/b25-23-. The molecule has 0 aromatic heterocycles. The van der Waals surface area contributed by atoms with Gasteiger partial charge in [-0.3, -0.25) is 14.5 Å². The Balaban J connectivity index is 1.70. The van der Waals surface area contributed by atoms with Crippen LogP contribution in [0.1, 0.15) is 35.2 Å². The average Bonchev–Trinajstić information content (AvgIpc) is 3.42. The summed E-state index contributed by atoms with van der Waals surface area (Å²) in [5.41, 5.74) is 3.42. The van der Waals surface area contributed by atoms with E-state index in [1.165, 1.54) is 17.0 Å². The number of amides is 1. The van der Waals surface area contributed by atoms with Gasteiger partial charge in [0, 0.05) is 17.7 Å². The number of benzene rings is 3. The number of aliphatic hydroxyl groups excluding tert-OH is 1. The third kappa shape index (κ3) is 3.60. The molecule has 172 valence electrons. The zero-order chi connectivity index (χ0) is 24.0. The summed E-state index contributed by atoms with van der Waals surface area (Å²) in [6.07, 6.45) is 1.53. The third-order valence-electron chi connectivity index (χ3n) is 6.32. The van der Waals surface area contributed by atoms with E-state index in [1.807, 2.05) is 19.1 Å². The highest BCUT2D eigenvalue weighted by molar-refractivity contribution is 6.51. The number of halogens is 1. The number of ketones is 1. The van der Waals surface area contributed by atoms with Crippen molar-refractivity contribution in [3.05, 3.63) is 93.5 Å². The molecule has 2 aliphatic rings. The Labute approximate surface area is 201 Å². The summed E-state index contributed by atoms with van der Waals surface area (Å²) in [6, 6.07) is 16.2. The van der Waals surface area contributed by atoms with Gasteiger partial charge in [0.2, 0.25) is 0 Å². The number of carbonyl (C=O) groups excluding carboxylic acids is 2. The molecule has 1 atom stereocenters. The van der Waals surface area contributed by atoms with Crippen molar-refractivity contribution in [1.29, 1.82) is 0 Å². The van der Waals surface area contributed by atoms with Crippen LogP contribution >= 0.6 is 11.6 Å². The Morgan fingerprint density at radius 2 is 1.85 bits per heavy atom. The van der Waals surface area contributed by atoms with Crippen molar-refractivity contribution in [2.24, 2.45) is 0 Å². The molecule has 1 unspecified atom stereocenters. The lowest BCUT2D eigenvalue weighted by molar-refractivity contribution is -0.132. The molecule has 2 heterocycles. The summed E-state index contributed by atoms with van der Waals surface area (Å²) in [7, 11) is 0. The van der Waals surface area contributed by atoms with Crippen molar-refractivity contribution < 1.29 is 24.5 Å². The fraction of sp³-hybridized carbons (Fsp3) is 0.185. The zero-order valence-electron chi connectivity index (χ0n) is 18.4. The Bertz CT molecular complexity index is 1350. The van der Waals surface area contributed by atoms with Crippen LogP contribution in [0.25, 0.3) is 5.76 Å². The van der Waals surface area contributed by atoms with Gasteiger partial charge < -0.3 is 14.9 Å². The number of aliphatic hydroxyl groups is 1. The van der Waals surface area contributed by atoms with Crippen LogP contribution in [0.5, 0.6) is 11.5 Å². The van der Waals surface area contributed by atoms with Crippen LogP contribution in [0.4, 0.5) is 5.69 Å². The number of aromatic hydroxyl groups is 1. The number of aryl methyl sites for hydroxylation is 1.